The summed E-state index contributed by atoms with van der Waals surface area (Å²) in [7, 11) is 0. The van der Waals surface area contributed by atoms with E-state index in [1.54, 1.807) is 6.20 Å². The van der Waals surface area contributed by atoms with Crippen LogP contribution in [0.4, 0.5) is 0 Å². The highest BCUT2D eigenvalue weighted by Gasteiger charge is 2.37. The quantitative estimate of drug-likeness (QED) is 0.869. The van der Waals surface area contributed by atoms with Crippen molar-refractivity contribution in [3.05, 3.63) is 53.3 Å². The highest BCUT2D eigenvalue weighted by molar-refractivity contribution is 5.39. The molecule has 3 heteroatoms. The Bertz CT molecular complexity index is 590. The van der Waals surface area contributed by atoms with Crippen LogP contribution >= 0.6 is 0 Å². The lowest BCUT2D eigenvalue weighted by Crippen LogP contribution is -2.31. The van der Waals surface area contributed by atoms with Gasteiger partial charge in [0.05, 0.1) is 5.69 Å². The number of benzene rings is 1. The Morgan fingerprint density at radius 3 is 2.95 bits per heavy atom. The third-order valence-corrected chi connectivity index (χ3v) is 4.27. The summed E-state index contributed by atoms with van der Waals surface area (Å²) < 4.78 is 1.96. The van der Waals surface area contributed by atoms with Crippen molar-refractivity contribution in [1.82, 2.24) is 9.78 Å². The van der Waals surface area contributed by atoms with Crippen LogP contribution in [0.25, 0.3) is 0 Å². The van der Waals surface area contributed by atoms with E-state index in [0.29, 0.717) is 0 Å². The van der Waals surface area contributed by atoms with E-state index >= 15 is 0 Å². The zero-order valence-electron chi connectivity index (χ0n) is 12.0. The first-order valence-corrected chi connectivity index (χ1v) is 7.59. The molecule has 0 spiro atoms. The van der Waals surface area contributed by atoms with Gasteiger partial charge in [0.2, 0.25) is 0 Å². The smallest absolute Gasteiger partial charge is 0.131 e. The van der Waals surface area contributed by atoms with Gasteiger partial charge in [-0.25, -0.2) is 0 Å². The second-order valence-corrected chi connectivity index (χ2v) is 5.66. The zero-order chi connectivity index (χ0) is 14.0. The first kappa shape index (κ1) is 13.4. The minimum atomic E-state index is -0.890. The number of fused-ring (bicyclic) bond motifs is 1. The van der Waals surface area contributed by atoms with Gasteiger partial charge < -0.3 is 5.11 Å². The second kappa shape index (κ2) is 5.41. The van der Waals surface area contributed by atoms with Crippen LogP contribution in [0, 0.1) is 0 Å². The molecule has 1 N–H and O–H groups in total. The molecule has 0 aliphatic heterocycles. The average molecular weight is 270 g/mol. The molecule has 1 heterocycles. The number of aryl methyl sites for hydroxylation is 2. The molecule has 1 atom stereocenters. The molecular formula is C17H22N2O. The van der Waals surface area contributed by atoms with Gasteiger partial charge in [-0.15, -0.1) is 0 Å². The van der Waals surface area contributed by atoms with Crippen molar-refractivity contribution >= 4 is 0 Å². The second-order valence-electron chi connectivity index (χ2n) is 5.66. The number of rotatable bonds is 3. The summed E-state index contributed by atoms with van der Waals surface area (Å²) in [6, 6.07) is 10.3. The Morgan fingerprint density at radius 1 is 1.25 bits per heavy atom. The first-order valence-electron chi connectivity index (χ1n) is 7.59. The lowest BCUT2D eigenvalue weighted by Gasteiger charge is -2.29. The maximum absolute atomic E-state index is 11.4. The van der Waals surface area contributed by atoms with Crippen molar-refractivity contribution in [1.29, 1.82) is 0 Å². The SMILES string of the molecule is CCCn1nccc1C1(O)CCCCc2ccccc21. The number of nitrogens with zero attached hydrogens (tertiary/aromatic N) is 2. The molecule has 0 saturated carbocycles. The molecule has 1 unspecified atom stereocenters. The molecule has 106 valence electrons. The van der Waals surface area contributed by atoms with Crippen LogP contribution < -0.4 is 0 Å². The Morgan fingerprint density at radius 2 is 2.10 bits per heavy atom. The predicted molar refractivity (Wildman–Crippen MR) is 79.5 cm³/mol. The number of aliphatic hydroxyl groups is 1. The summed E-state index contributed by atoms with van der Waals surface area (Å²) in [4.78, 5) is 0. The first-order chi connectivity index (χ1) is 9.75. The number of hydrogen-bond donors (Lipinski definition) is 1. The van der Waals surface area contributed by atoms with E-state index in [0.717, 1.165) is 49.9 Å². The Balaban J connectivity index is 2.12. The molecule has 3 rings (SSSR count). The fraction of sp³-hybridized carbons (Fsp3) is 0.471. The van der Waals surface area contributed by atoms with Crippen LogP contribution in [-0.2, 0) is 18.6 Å². The van der Waals surface area contributed by atoms with Gasteiger partial charge in [-0.2, -0.15) is 5.10 Å². The van der Waals surface area contributed by atoms with Crippen LogP contribution in [0.3, 0.4) is 0 Å². The van der Waals surface area contributed by atoms with E-state index in [1.165, 1.54) is 5.56 Å². The van der Waals surface area contributed by atoms with Gasteiger partial charge in [-0.1, -0.05) is 31.2 Å². The topological polar surface area (TPSA) is 38.0 Å². The summed E-state index contributed by atoms with van der Waals surface area (Å²) in [6.07, 6.45) is 6.84. The summed E-state index contributed by atoms with van der Waals surface area (Å²) in [5.41, 5.74) is 2.39. The maximum atomic E-state index is 11.4. The highest BCUT2D eigenvalue weighted by Crippen LogP contribution is 2.39. The lowest BCUT2D eigenvalue weighted by molar-refractivity contribution is 0.0605. The van der Waals surface area contributed by atoms with E-state index in [4.69, 9.17) is 0 Å². The van der Waals surface area contributed by atoms with Gasteiger partial charge in [-0.05, 0) is 49.3 Å². The van der Waals surface area contributed by atoms with Gasteiger partial charge in [0.15, 0.2) is 0 Å². The van der Waals surface area contributed by atoms with E-state index in [2.05, 4.69) is 30.2 Å². The Hall–Kier alpha value is -1.61. The predicted octanol–water partition coefficient (Wildman–Crippen LogP) is 3.26. The molecule has 20 heavy (non-hydrogen) atoms. The van der Waals surface area contributed by atoms with Gasteiger partial charge in [0, 0.05) is 12.7 Å². The third kappa shape index (κ3) is 2.16. The maximum Gasteiger partial charge on any atom is 0.131 e. The molecule has 0 amide bonds. The highest BCUT2D eigenvalue weighted by atomic mass is 16.3. The fourth-order valence-electron chi connectivity index (χ4n) is 3.31. The standard InChI is InChI=1S/C17H22N2O/c1-2-13-19-16(10-12-18-19)17(20)11-6-5-8-14-7-3-4-9-15(14)17/h3-4,7,9-10,12,20H,2,5-6,8,11,13H2,1H3. The van der Waals surface area contributed by atoms with Gasteiger partial charge in [0.1, 0.15) is 5.60 Å². The van der Waals surface area contributed by atoms with Gasteiger partial charge in [-0.3, -0.25) is 4.68 Å². The van der Waals surface area contributed by atoms with Crippen LogP contribution in [-0.4, -0.2) is 14.9 Å². The minimum Gasteiger partial charge on any atom is -0.379 e. The molecule has 0 fully saturated rings. The summed E-state index contributed by atoms with van der Waals surface area (Å²) >= 11 is 0. The molecule has 1 aliphatic carbocycles. The van der Waals surface area contributed by atoms with Gasteiger partial charge in [0.25, 0.3) is 0 Å². The van der Waals surface area contributed by atoms with Crippen molar-refractivity contribution < 1.29 is 5.11 Å². The van der Waals surface area contributed by atoms with E-state index in [9.17, 15) is 5.11 Å². The van der Waals surface area contributed by atoms with Gasteiger partial charge >= 0.3 is 0 Å². The molecule has 1 aromatic heterocycles. The number of aromatic nitrogens is 2. The van der Waals surface area contributed by atoms with E-state index < -0.39 is 5.60 Å². The Labute approximate surface area is 120 Å². The normalized spacial score (nSPS) is 22.3. The molecule has 1 aliphatic rings. The number of hydrogen-bond acceptors (Lipinski definition) is 2. The van der Waals surface area contributed by atoms with E-state index in [1.807, 2.05) is 16.8 Å². The van der Waals surface area contributed by atoms with E-state index in [-0.39, 0.29) is 0 Å². The average Bonchev–Trinajstić information content (AvgIpc) is 2.86. The molecule has 3 nitrogen and oxygen atoms in total. The monoisotopic (exact) mass is 270 g/mol. The third-order valence-electron chi connectivity index (χ3n) is 4.27. The fourth-order valence-corrected chi connectivity index (χ4v) is 3.31. The lowest BCUT2D eigenvalue weighted by atomic mass is 9.85. The molecular weight excluding hydrogens is 248 g/mol. The summed E-state index contributed by atoms with van der Waals surface area (Å²) in [5, 5.41) is 15.8. The van der Waals surface area contributed by atoms with Crippen molar-refractivity contribution in [3.63, 3.8) is 0 Å². The molecule has 0 radical (unpaired) electrons. The van der Waals surface area contributed by atoms with Crippen LogP contribution in [0.2, 0.25) is 0 Å². The van der Waals surface area contributed by atoms with Crippen molar-refractivity contribution in [2.24, 2.45) is 0 Å². The molecule has 0 saturated heterocycles. The summed E-state index contributed by atoms with van der Waals surface area (Å²) in [6.45, 7) is 2.99. The van der Waals surface area contributed by atoms with Crippen LogP contribution in [0.15, 0.2) is 36.5 Å². The van der Waals surface area contributed by atoms with Crippen molar-refractivity contribution in [2.75, 3.05) is 0 Å². The molecule has 2 aromatic rings. The Kier molecular flexibility index (Phi) is 3.62. The van der Waals surface area contributed by atoms with Crippen LogP contribution in [0.1, 0.15) is 49.4 Å². The van der Waals surface area contributed by atoms with Crippen molar-refractivity contribution in [3.8, 4) is 0 Å². The summed E-state index contributed by atoms with van der Waals surface area (Å²) in [5.74, 6) is 0. The largest absolute Gasteiger partial charge is 0.379 e. The molecule has 1 aromatic carbocycles. The van der Waals surface area contributed by atoms with Crippen LogP contribution in [0.5, 0.6) is 0 Å². The zero-order valence-corrected chi connectivity index (χ0v) is 12.0. The minimum absolute atomic E-state index is 0.777. The van der Waals surface area contributed by atoms with Crippen molar-refractivity contribution in [2.45, 2.75) is 51.2 Å². The molecule has 0 bridgehead atoms.